The molecule has 7 heteroatoms. The lowest BCUT2D eigenvalue weighted by atomic mass is 9.85. The number of nitrogens with zero attached hydrogens (tertiary/aromatic N) is 2. The Bertz CT molecular complexity index is 788. The average Bonchev–Trinajstić information content (AvgIpc) is 3.11. The van der Waals surface area contributed by atoms with Crippen LogP contribution in [0.25, 0.3) is 0 Å². The van der Waals surface area contributed by atoms with E-state index in [1.807, 2.05) is 49.1 Å². The van der Waals surface area contributed by atoms with E-state index in [0.29, 0.717) is 39.0 Å². The first-order valence-corrected chi connectivity index (χ1v) is 12.1. The number of anilines is 1. The predicted molar refractivity (Wildman–Crippen MR) is 126 cm³/mol. The maximum atomic E-state index is 13.3. The molecule has 2 saturated heterocycles. The van der Waals surface area contributed by atoms with E-state index >= 15 is 0 Å². The van der Waals surface area contributed by atoms with Gasteiger partial charge in [0.05, 0.1) is 6.67 Å². The molecule has 0 bridgehead atoms. The SMILES string of the molecule is CCCCCCC(=O)NC(C(=O)N1CCC2(CC1)C(=O)NCN2c1ccccc1)C(C)C. The third-order valence-electron chi connectivity index (χ3n) is 6.81. The van der Waals surface area contributed by atoms with Crippen molar-refractivity contribution in [3.8, 4) is 0 Å². The number of benzene rings is 1. The highest BCUT2D eigenvalue weighted by atomic mass is 16.2. The minimum absolute atomic E-state index is 0.00794. The molecule has 7 nitrogen and oxygen atoms in total. The van der Waals surface area contributed by atoms with Gasteiger partial charge in [-0.3, -0.25) is 14.4 Å². The van der Waals surface area contributed by atoms with Crippen LogP contribution in [0.15, 0.2) is 30.3 Å². The Morgan fingerprint density at radius 2 is 1.78 bits per heavy atom. The van der Waals surface area contributed by atoms with Gasteiger partial charge in [0.25, 0.3) is 0 Å². The van der Waals surface area contributed by atoms with Crippen molar-refractivity contribution in [3.05, 3.63) is 30.3 Å². The number of nitrogens with one attached hydrogen (secondary N) is 2. The summed E-state index contributed by atoms with van der Waals surface area (Å²) in [7, 11) is 0. The first-order chi connectivity index (χ1) is 15.4. The molecule has 0 aromatic heterocycles. The molecule has 1 aromatic carbocycles. The summed E-state index contributed by atoms with van der Waals surface area (Å²) < 4.78 is 0. The van der Waals surface area contributed by atoms with Crippen LogP contribution in [0.4, 0.5) is 5.69 Å². The van der Waals surface area contributed by atoms with Crippen molar-refractivity contribution in [3.63, 3.8) is 0 Å². The molecule has 176 valence electrons. The summed E-state index contributed by atoms with van der Waals surface area (Å²) >= 11 is 0. The van der Waals surface area contributed by atoms with E-state index in [4.69, 9.17) is 0 Å². The van der Waals surface area contributed by atoms with Crippen LogP contribution in [0.2, 0.25) is 0 Å². The lowest BCUT2D eigenvalue weighted by Crippen LogP contribution is -2.60. The molecule has 2 fully saturated rings. The van der Waals surface area contributed by atoms with E-state index in [2.05, 4.69) is 22.5 Å². The van der Waals surface area contributed by atoms with Crippen molar-refractivity contribution < 1.29 is 14.4 Å². The molecule has 2 aliphatic rings. The summed E-state index contributed by atoms with van der Waals surface area (Å²) in [6, 6.07) is 9.43. The number of hydrogen-bond donors (Lipinski definition) is 2. The highest BCUT2D eigenvalue weighted by molar-refractivity contribution is 5.94. The van der Waals surface area contributed by atoms with Crippen molar-refractivity contribution in [2.75, 3.05) is 24.7 Å². The fourth-order valence-electron chi connectivity index (χ4n) is 4.80. The zero-order valence-electron chi connectivity index (χ0n) is 19.7. The van der Waals surface area contributed by atoms with E-state index in [-0.39, 0.29) is 23.6 Å². The van der Waals surface area contributed by atoms with Gasteiger partial charge in [0, 0.05) is 25.2 Å². The molecule has 1 unspecified atom stereocenters. The van der Waals surface area contributed by atoms with Gasteiger partial charge in [-0.25, -0.2) is 0 Å². The fraction of sp³-hybridized carbons (Fsp3) is 0.640. The summed E-state index contributed by atoms with van der Waals surface area (Å²) in [5, 5.41) is 5.97. The number of unbranched alkanes of at least 4 members (excludes halogenated alkanes) is 3. The zero-order valence-corrected chi connectivity index (χ0v) is 19.7. The second-order valence-electron chi connectivity index (χ2n) is 9.38. The van der Waals surface area contributed by atoms with Crippen LogP contribution in [-0.4, -0.2) is 54.0 Å². The number of likely N-dealkylation sites (tertiary alicyclic amines) is 1. The van der Waals surface area contributed by atoms with Gasteiger partial charge in [-0.2, -0.15) is 0 Å². The molecular formula is C25H38N4O3. The van der Waals surface area contributed by atoms with Gasteiger partial charge >= 0.3 is 0 Å². The molecule has 1 spiro atoms. The minimum Gasteiger partial charge on any atom is -0.344 e. The molecule has 3 rings (SSSR count). The molecule has 2 aliphatic heterocycles. The molecule has 1 aromatic rings. The smallest absolute Gasteiger partial charge is 0.247 e. The Hall–Kier alpha value is -2.57. The van der Waals surface area contributed by atoms with E-state index in [9.17, 15) is 14.4 Å². The van der Waals surface area contributed by atoms with Crippen LogP contribution in [0.5, 0.6) is 0 Å². The summed E-state index contributed by atoms with van der Waals surface area (Å²) in [4.78, 5) is 42.5. The number of hydrogen-bond acceptors (Lipinski definition) is 4. The maximum absolute atomic E-state index is 13.3. The Morgan fingerprint density at radius 1 is 1.09 bits per heavy atom. The second-order valence-corrected chi connectivity index (χ2v) is 9.38. The number of carbonyl (C=O) groups excluding carboxylic acids is 3. The topological polar surface area (TPSA) is 81.8 Å². The summed E-state index contributed by atoms with van der Waals surface area (Å²) in [5.41, 5.74) is 0.398. The molecule has 1 atom stereocenters. The number of rotatable bonds is 9. The first kappa shape index (κ1) is 24.1. The van der Waals surface area contributed by atoms with E-state index in [0.717, 1.165) is 31.4 Å². The average molecular weight is 443 g/mol. The maximum Gasteiger partial charge on any atom is 0.247 e. The molecule has 0 aliphatic carbocycles. The van der Waals surface area contributed by atoms with Crippen molar-refractivity contribution in [1.29, 1.82) is 0 Å². The minimum atomic E-state index is -0.617. The number of piperidine rings is 1. The Balaban J connectivity index is 1.61. The number of para-hydroxylation sites is 1. The van der Waals surface area contributed by atoms with E-state index in [1.165, 1.54) is 0 Å². The largest absolute Gasteiger partial charge is 0.344 e. The standard InChI is InChI=1S/C25H38N4O3/c1-4-5-6-10-13-21(30)27-22(19(2)3)23(31)28-16-14-25(15-17-28)24(32)26-18-29(25)20-11-8-7-9-12-20/h7-9,11-12,19,22H,4-6,10,13-18H2,1-3H3,(H,26,32)(H,27,30). The lowest BCUT2D eigenvalue weighted by molar-refractivity contribution is -0.140. The summed E-state index contributed by atoms with van der Waals surface area (Å²) in [5.74, 6) is -0.0451. The number of amides is 3. The third kappa shape index (κ3) is 5.25. The van der Waals surface area contributed by atoms with Gasteiger partial charge in [-0.05, 0) is 37.3 Å². The molecular weight excluding hydrogens is 404 g/mol. The molecule has 2 N–H and O–H groups in total. The van der Waals surface area contributed by atoms with Gasteiger partial charge in [0.1, 0.15) is 11.6 Å². The van der Waals surface area contributed by atoms with Crippen molar-refractivity contribution in [2.24, 2.45) is 5.92 Å². The van der Waals surface area contributed by atoms with Crippen molar-refractivity contribution >= 4 is 23.4 Å². The van der Waals surface area contributed by atoms with E-state index in [1.54, 1.807) is 0 Å². The van der Waals surface area contributed by atoms with Gasteiger partial charge in [-0.1, -0.05) is 58.2 Å². The lowest BCUT2D eigenvalue weighted by Gasteiger charge is -2.44. The van der Waals surface area contributed by atoms with Crippen LogP contribution < -0.4 is 15.5 Å². The van der Waals surface area contributed by atoms with Gasteiger partial charge in [0.15, 0.2) is 0 Å². The quantitative estimate of drug-likeness (QED) is 0.576. The van der Waals surface area contributed by atoms with Gasteiger partial charge in [0.2, 0.25) is 17.7 Å². The normalized spacial score (nSPS) is 18.7. The highest BCUT2D eigenvalue weighted by Crippen LogP contribution is 2.36. The molecule has 2 heterocycles. The van der Waals surface area contributed by atoms with E-state index < -0.39 is 11.6 Å². The monoisotopic (exact) mass is 442 g/mol. The Kier molecular flexibility index (Phi) is 8.15. The Labute approximate surface area is 191 Å². The molecule has 32 heavy (non-hydrogen) atoms. The molecule has 0 radical (unpaired) electrons. The van der Waals surface area contributed by atoms with Crippen molar-refractivity contribution in [1.82, 2.24) is 15.5 Å². The fourth-order valence-corrected chi connectivity index (χ4v) is 4.80. The zero-order chi connectivity index (χ0) is 23.1. The highest BCUT2D eigenvalue weighted by Gasteiger charge is 2.51. The molecule has 0 saturated carbocycles. The first-order valence-electron chi connectivity index (χ1n) is 12.1. The molecule has 3 amide bonds. The predicted octanol–water partition coefficient (Wildman–Crippen LogP) is 3.05. The van der Waals surface area contributed by atoms with Crippen LogP contribution in [0.1, 0.15) is 65.7 Å². The number of carbonyl (C=O) groups is 3. The van der Waals surface area contributed by atoms with Crippen molar-refractivity contribution in [2.45, 2.75) is 77.3 Å². The van der Waals surface area contributed by atoms with Gasteiger partial charge in [-0.15, -0.1) is 0 Å². The Morgan fingerprint density at radius 3 is 2.41 bits per heavy atom. The van der Waals surface area contributed by atoms with Crippen LogP contribution in [-0.2, 0) is 14.4 Å². The second kappa shape index (κ2) is 10.8. The van der Waals surface area contributed by atoms with Crippen LogP contribution >= 0.6 is 0 Å². The van der Waals surface area contributed by atoms with Crippen LogP contribution in [0, 0.1) is 5.92 Å². The third-order valence-corrected chi connectivity index (χ3v) is 6.81. The summed E-state index contributed by atoms with van der Waals surface area (Å²) in [6.45, 7) is 7.57. The summed E-state index contributed by atoms with van der Waals surface area (Å²) in [6.07, 6.45) is 5.78. The van der Waals surface area contributed by atoms with Crippen LogP contribution in [0.3, 0.4) is 0 Å². The van der Waals surface area contributed by atoms with Gasteiger partial charge < -0.3 is 20.4 Å².